The van der Waals surface area contributed by atoms with Crippen molar-refractivity contribution in [2.45, 2.75) is 19.3 Å². The molecule has 3 nitrogen and oxygen atoms in total. The smallest absolute Gasteiger partial charge is 0.257 e. The molecule has 1 N–H and O–H groups in total. The van der Waals surface area contributed by atoms with E-state index in [-0.39, 0.29) is 5.91 Å². The lowest BCUT2D eigenvalue weighted by atomic mass is 10.1. The zero-order valence-electron chi connectivity index (χ0n) is 12.7. The van der Waals surface area contributed by atoms with E-state index in [1.165, 1.54) is 19.3 Å². The van der Waals surface area contributed by atoms with Gasteiger partial charge >= 0.3 is 0 Å². The highest BCUT2D eigenvalue weighted by Gasteiger charge is 2.17. The lowest BCUT2D eigenvalue weighted by Crippen LogP contribution is -2.30. The van der Waals surface area contributed by atoms with Crippen LogP contribution in [0.4, 0.5) is 11.4 Å². The predicted molar refractivity (Wildman–Crippen MR) is 96.9 cm³/mol. The summed E-state index contributed by atoms with van der Waals surface area (Å²) >= 11 is 12.1. The van der Waals surface area contributed by atoms with Gasteiger partial charge in [0.1, 0.15) is 0 Å². The summed E-state index contributed by atoms with van der Waals surface area (Å²) in [5.41, 5.74) is 2.24. The highest BCUT2D eigenvalue weighted by atomic mass is 35.5. The van der Waals surface area contributed by atoms with Gasteiger partial charge in [-0.15, -0.1) is 0 Å². The summed E-state index contributed by atoms with van der Waals surface area (Å²) in [6.07, 6.45) is 3.63. The van der Waals surface area contributed by atoms with Crippen LogP contribution in [-0.2, 0) is 0 Å². The molecule has 1 fully saturated rings. The van der Waals surface area contributed by atoms with Gasteiger partial charge in [-0.25, -0.2) is 0 Å². The fourth-order valence-corrected chi connectivity index (χ4v) is 3.23. The predicted octanol–water partition coefficient (Wildman–Crippen LogP) is 5.24. The number of carbonyl (C=O) groups excluding carboxylic acids is 1. The van der Waals surface area contributed by atoms with Gasteiger partial charge in [0.25, 0.3) is 5.91 Å². The lowest BCUT2D eigenvalue weighted by molar-refractivity contribution is 0.102. The average Bonchev–Trinajstić information content (AvgIpc) is 2.58. The number of benzene rings is 2. The van der Waals surface area contributed by atoms with Crippen LogP contribution in [0.1, 0.15) is 29.6 Å². The molecule has 1 saturated heterocycles. The van der Waals surface area contributed by atoms with E-state index in [2.05, 4.69) is 10.2 Å². The number of anilines is 2. The third-order valence-electron chi connectivity index (χ3n) is 4.02. The summed E-state index contributed by atoms with van der Waals surface area (Å²) in [4.78, 5) is 14.9. The Bertz CT molecular complexity index is 712. The van der Waals surface area contributed by atoms with Crippen LogP contribution in [0.25, 0.3) is 0 Å². The normalized spacial score (nSPS) is 14.6. The molecule has 0 radical (unpaired) electrons. The SMILES string of the molecule is O=C(Nc1ccccc1N1CCCCC1)c1cc(Cl)ccc1Cl. The molecule has 0 atom stereocenters. The molecule has 0 aromatic heterocycles. The number of nitrogens with zero attached hydrogens (tertiary/aromatic N) is 1. The minimum Gasteiger partial charge on any atom is -0.370 e. The molecule has 120 valence electrons. The van der Waals surface area contributed by atoms with Crippen molar-refractivity contribution < 1.29 is 4.79 Å². The number of amides is 1. The third-order valence-corrected chi connectivity index (χ3v) is 4.59. The second-order valence-electron chi connectivity index (χ2n) is 5.64. The Morgan fingerprint density at radius 1 is 1.00 bits per heavy atom. The fourth-order valence-electron chi connectivity index (χ4n) is 2.85. The highest BCUT2D eigenvalue weighted by molar-refractivity contribution is 6.36. The molecule has 0 bridgehead atoms. The largest absolute Gasteiger partial charge is 0.370 e. The van der Waals surface area contributed by atoms with Gasteiger partial charge < -0.3 is 10.2 Å². The third kappa shape index (κ3) is 3.80. The lowest BCUT2D eigenvalue weighted by Gasteiger charge is -2.30. The first-order valence-corrected chi connectivity index (χ1v) is 8.51. The van der Waals surface area contributed by atoms with Gasteiger partial charge in [-0.1, -0.05) is 35.3 Å². The minimum atomic E-state index is -0.248. The van der Waals surface area contributed by atoms with Gasteiger partial charge in [-0.3, -0.25) is 4.79 Å². The van der Waals surface area contributed by atoms with Crippen LogP contribution in [-0.4, -0.2) is 19.0 Å². The molecule has 1 heterocycles. The van der Waals surface area contributed by atoms with Crippen LogP contribution in [0.5, 0.6) is 0 Å². The maximum Gasteiger partial charge on any atom is 0.257 e. The quantitative estimate of drug-likeness (QED) is 0.822. The molecule has 0 aliphatic carbocycles. The molecule has 5 heteroatoms. The molecule has 0 spiro atoms. The Morgan fingerprint density at radius 3 is 2.52 bits per heavy atom. The monoisotopic (exact) mass is 348 g/mol. The van der Waals surface area contributed by atoms with E-state index in [0.29, 0.717) is 15.6 Å². The maximum atomic E-state index is 12.5. The Balaban J connectivity index is 1.85. The molecule has 1 aliphatic rings. The van der Waals surface area contributed by atoms with Gasteiger partial charge in [0.15, 0.2) is 0 Å². The molecular formula is C18H18Cl2N2O. The van der Waals surface area contributed by atoms with Crippen LogP contribution >= 0.6 is 23.2 Å². The zero-order valence-corrected chi connectivity index (χ0v) is 14.2. The van der Waals surface area contributed by atoms with E-state index >= 15 is 0 Å². The molecule has 1 amide bonds. The Kier molecular flexibility index (Phi) is 5.09. The second-order valence-corrected chi connectivity index (χ2v) is 6.49. The minimum absolute atomic E-state index is 0.248. The Hall–Kier alpha value is -1.71. The van der Waals surface area contributed by atoms with Gasteiger partial charge in [0, 0.05) is 18.1 Å². The highest BCUT2D eigenvalue weighted by Crippen LogP contribution is 2.29. The van der Waals surface area contributed by atoms with Crippen LogP contribution in [0.15, 0.2) is 42.5 Å². The zero-order chi connectivity index (χ0) is 16.2. The van der Waals surface area contributed by atoms with Crippen LogP contribution < -0.4 is 10.2 Å². The number of halogens is 2. The summed E-state index contributed by atoms with van der Waals surface area (Å²) < 4.78 is 0. The van der Waals surface area contributed by atoms with Crippen molar-refractivity contribution in [2.75, 3.05) is 23.3 Å². The van der Waals surface area contributed by atoms with Gasteiger partial charge in [0.05, 0.1) is 22.0 Å². The summed E-state index contributed by atoms with van der Waals surface area (Å²) in [6, 6.07) is 12.8. The molecule has 23 heavy (non-hydrogen) atoms. The number of nitrogens with one attached hydrogen (secondary N) is 1. The number of rotatable bonds is 3. The van der Waals surface area contributed by atoms with E-state index in [1.807, 2.05) is 24.3 Å². The topological polar surface area (TPSA) is 32.3 Å². The van der Waals surface area contributed by atoms with Crippen molar-refractivity contribution >= 4 is 40.5 Å². The van der Waals surface area contributed by atoms with Gasteiger partial charge in [-0.05, 0) is 49.6 Å². The molecule has 2 aromatic rings. The van der Waals surface area contributed by atoms with Crippen molar-refractivity contribution in [1.29, 1.82) is 0 Å². The van der Waals surface area contributed by atoms with E-state index in [9.17, 15) is 4.79 Å². The van der Waals surface area contributed by atoms with Crippen molar-refractivity contribution in [2.24, 2.45) is 0 Å². The van der Waals surface area contributed by atoms with Crippen molar-refractivity contribution in [3.05, 3.63) is 58.1 Å². The van der Waals surface area contributed by atoms with Crippen LogP contribution in [0.3, 0.4) is 0 Å². The first-order valence-electron chi connectivity index (χ1n) is 7.75. The fraction of sp³-hybridized carbons (Fsp3) is 0.278. The Morgan fingerprint density at radius 2 is 1.74 bits per heavy atom. The number of para-hydroxylation sites is 2. The van der Waals surface area contributed by atoms with Crippen molar-refractivity contribution in [1.82, 2.24) is 0 Å². The Labute approximate surface area is 146 Å². The van der Waals surface area contributed by atoms with E-state index in [1.54, 1.807) is 18.2 Å². The average molecular weight is 349 g/mol. The first-order chi connectivity index (χ1) is 11.1. The number of hydrogen-bond acceptors (Lipinski definition) is 2. The molecule has 2 aromatic carbocycles. The number of piperidine rings is 1. The first kappa shape index (κ1) is 16.2. The standard InChI is InChI=1S/C18H18Cl2N2O/c19-13-8-9-15(20)14(12-13)18(23)21-16-6-2-3-7-17(16)22-10-4-1-5-11-22/h2-3,6-9,12H,1,4-5,10-11H2,(H,21,23). The van der Waals surface area contributed by atoms with E-state index in [0.717, 1.165) is 24.5 Å². The molecular weight excluding hydrogens is 331 g/mol. The summed E-state index contributed by atoms with van der Waals surface area (Å²) in [6.45, 7) is 2.04. The second kappa shape index (κ2) is 7.24. The van der Waals surface area contributed by atoms with E-state index in [4.69, 9.17) is 23.2 Å². The van der Waals surface area contributed by atoms with Crippen molar-refractivity contribution in [3.8, 4) is 0 Å². The van der Waals surface area contributed by atoms with Crippen LogP contribution in [0.2, 0.25) is 10.0 Å². The van der Waals surface area contributed by atoms with Gasteiger partial charge in [-0.2, -0.15) is 0 Å². The summed E-state index contributed by atoms with van der Waals surface area (Å²) in [5.74, 6) is -0.248. The molecule has 3 rings (SSSR count). The summed E-state index contributed by atoms with van der Waals surface area (Å²) in [7, 11) is 0. The molecule has 0 saturated carbocycles. The number of hydrogen-bond donors (Lipinski definition) is 1. The summed E-state index contributed by atoms with van der Waals surface area (Å²) in [5, 5.41) is 3.85. The van der Waals surface area contributed by atoms with Crippen molar-refractivity contribution in [3.63, 3.8) is 0 Å². The molecule has 1 aliphatic heterocycles. The number of carbonyl (C=O) groups is 1. The maximum absolute atomic E-state index is 12.5. The van der Waals surface area contributed by atoms with E-state index < -0.39 is 0 Å². The van der Waals surface area contributed by atoms with Gasteiger partial charge in [0.2, 0.25) is 0 Å². The van der Waals surface area contributed by atoms with Crippen LogP contribution in [0, 0.1) is 0 Å². The molecule has 0 unspecified atom stereocenters.